The third-order valence-electron chi connectivity index (χ3n) is 4.95. The van der Waals surface area contributed by atoms with Crippen LogP contribution in [0.25, 0.3) is 0 Å². The van der Waals surface area contributed by atoms with Gasteiger partial charge in [0.05, 0.1) is 24.2 Å². The molecule has 0 fully saturated rings. The third-order valence-corrected chi connectivity index (χ3v) is 6.79. The minimum absolute atomic E-state index is 0.00858. The van der Waals surface area contributed by atoms with Crippen LogP contribution in [0.5, 0.6) is 11.5 Å². The lowest BCUT2D eigenvalue weighted by Crippen LogP contribution is -2.36. The molecule has 7 nitrogen and oxygen atoms in total. The zero-order valence-corrected chi connectivity index (χ0v) is 19.5. The average molecular weight is 469 g/mol. The van der Waals surface area contributed by atoms with Crippen molar-refractivity contribution in [2.75, 3.05) is 31.1 Å². The van der Waals surface area contributed by atoms with E-state index in [9.17, 15) is 13.2 Å². The largest absolute Gasteiger partial charge is 0.493 e. The number of para-hydroxylation sites is 3. The molecule has 0 atom stereocenters. The molecule has 0 aliphatic heterocycles. The molecule has 33 heavy (non-hydrogen) atoms. The average Bonchev–Trinajstić information content (AvgIpc) is 2.83. The first-order valence-corrected chi connectivity index (χ1v) is 12.0. The number of carbonyl (C=O) groups excluding carboxylic acids is 1. The van der Waals surface area contributed by atoms with Crippen LogP contribution in [-0.2, 0) is 14.8 Å². The van der Waals surface area contributed by atoms with Crippen molar-refractivity contribution in [3.05, 3.63) is 84.4 Å². The summed E-state index contributed by atoms with van der Waals surface area (Å²) in [5, 5.41) is 2.77. The topological polar surface area (TPSA) is 84.9 Å². The molecule has 0 spiro atoms. The first-order chi connectivity index (χ1) is 15.9. The van der Waals surface area contributed by atoms with E-state index in [1.807, 2.05) is 25.1 Å². The number of aryl methyl sites for hydroxylation is 1. The number of amides is 1. The fourth-order valence-corrected chi connectivity index (χ4v) is 4.67. The Kier molecular flexibility index (Phi) is 8.32. The van der Waals surface area contributed by atoms with Crippen LogP contribution in [0.15, 0.2) is 83.8 Å². The summed E-state index contributed by atoms with van der Waals surface area (Å²) in [5.74, 6) is 0.941. The summed E-state index contributed by atoms with van der Waals surface area (Å²) < 4.78 is 38.7. The second-order valence-electron chi connectivity index (χ2n) is 7.33. The molecule has 1 N–H and O–H groups in total. The Morgan fingerprint density at radius 3 is 2.21 bits per heavy atom. The van der Waals surface area contributed by atoms with Gasteiger partial charge in [-0.2, -0.15) is 0 Å². The minimum Gasteiger partial charge on any atom is -0.493 e. The van der Waals surface area contributed by atoms with E-state index in [-0.39, 0.29) is 36.9 Å². The maximum absolute atomic E-state index is 13.3. The predicted molar refractivity (Wildman–Crippen MR) is 128 cm³/mol. The van der Waals surface area contributed by atoms with Crippen molar-refractivity contribution in [2.24, 2.45) is 0 Å². The van der Waals surface area contributed by atoms with Gasteiger partial charge in [0.1, 0.15) is 6.61 Å². The number of hydrogen-bond donors (Lipinski definition) is 1. The van der Waals surface area contributed by atoms with Gasteiger partial charge in [0.25, 0.3) is 10.0 Å². The molecule has 0 aliphatic rings. The summed E-state index contributed by atoms with van der Waals surface area (Å²) in [4.78, 5) is 12.6. The van der Waals surface area contributed by atoms with Crippen molar-refractivity contribution in [3.63, 3.8) is 0 Å². The summed E-state index contributed by atoms with van der Waals surface area (Å²) in [6.45, 7) is 2.45. The van der Waals surface area contributed by atoms with E-state index < -0.39 is 10.0 Å². The smallest absolute Gasteiger partial charge is 0.264 e. The van der Waals surface area contributed by atoms with Crippen LogP contribution in [0.1, 0.15) is 12.0 Å². The van der Waals surface area contributed by atoms with Crippen LogP contribution in [0.3, 0.4) is 0 Å². The Balaban J connectivity index is 1.60. The maximum atomic E-state index is 13.3. The number of methoxy groups -OCH3 is 1. The monoisotopic (exact) mass is 468 g/mol. The number of nitrogens with zero attached hydrogens (tertiary/aromatic N) is 1. The predicted octanol–water partition coefficient (Wildman–Crippen LogP) is 3.78. The van der Waals surface area contributed by atoms with Gasteiger partial charge in [-0.25, -0.2) is 8.42 Å². The van der Waals surface area contributed by atoms with Gasteiger partial charge in [0.2, 0.25) is 5.91 Å². The Labute approximate surface area is 195 Å². The van der Waals surface area contributed by atoms with E-state index in [4.69, 9.17) is 9.47 Å². The fraction of sp³-hybridized carbons (Fsp3) is 0.240. The summed E-state index contributed by atoms with van der Waals surface area (Å²) >= 11 is 0. The Hall–Kier alpha value is -3.52. The fourth-order valence-electron chi connectivity index (χ4n) is 3.20. The maximum Gasteiger partial charge on any atom is 0.264 e. The molecule has 0 unspecified atom stereocenters. The van der Waals surface area contributed by atoms with Gasteiger partial charge in [-0.1, -0.05) is 48.0 Å². The molecular weight excluding hydrogens is 440 g/mol. The number of sulfonamides is 1. The normalized spacial score (nSPS) is 11.0. The van der Waals surface area contributed by atoms with E-state index in [1.165, 1.54) is 4.31 Å². The van der Waals surface area contributed by atoms with Crippen molar-refractivity contribution in [1.82, 2.24) is 5.32 Å². The van der Waals surface area contributed by atoms with Gasteiger partial charge in [-0.3, -0.25) is 9.10 Å². The highest BCUT2D eigenvalue weighted by molar-refractivity contribution is 7.92. The van der Waals surface area contributed by atoms with Crippen LogP contribution < -0.4 is 19.1 Å². The number of rotatable bonds is 11. The van der Waals surface area contributed by atoms with E-state index in [0.717, 1.165) is 5.56 Å². The molecule has 0 saturated carbocycles. The Morgan fingerprint density at radius 1 is 0.909 bits per heavy atom. The lowest BCUT2D eigenvalue weighted by atomic mass is 10.2. The molecule has 0 aliphatic carbocycles. The van der Waals surface area contributed by atoms with E-state index in [2.05, 4.69) is 5.32 Å². The number of benzene rings is 3. The van der Waals surface area contributed by atoms with Gasteiger partial charge in [-0.15, -0.1) is 0 Å². The van der Waals surface area contributed by atoms with Crippen molar-refractivity contribution < 1.29 is 22.7 Å². The number of hydrogen-bond acceptors (Lipinski definition) is 5. The van der Waals surface area contributed by atoms with Crippen molar-refractivity contribution in [1.29, 1.82) is 0 Å². The van der Waals surface area contributed by atoms with Gasteiger partial charge in [0, 0.05) is 13.0 Å². The van der Waals surface area contributed by atoms with Crippen LogP contribution in [0, 0.1) is 6.92 Å². The first kappa shape index (κ1) is 24.1. The molecule has 0 radical (unpaired) electrons. The highest BCUT2D eigenvalue weighted by Crippen LogP contribution is 2.26. The zero-order chi connectivity index (χ0) is 23.7. The quantitative estimate of drug-likeness (QED) is 0.433. The number of anilines is 1. The van der Waals surface area contributed by atoms with Crippen LogP contribution in [0.4, 0.5) is 5.69 Å². The first-order valence-electron chi connectivity index (χ1n) is 10.6. The molecular formula is C25H28N2O5S. The zero-order valence-electron chi connectivity index (χ0n) is 18.7. The van der Waals surface area contributed by atoms with Crippen LogP contribution >= 0.6 is 0 Å². The van der Waals surface area contributed by atoms with Gasteiger partial charge >= 0.3 is 0 Å². The Morgan fingerprint density at radius 2 is 1.55 bits per heavy atom. The molecule has 3 aromatic carbocycles. The van der Waals surface area contributed by atoms with Crippen molar-refractivity contribution >= 4 is 21.6 Å². The summed E-state index contributed by atoms with van der Waals surface area (Å²) in [6, 6.07) is 22.7. The van der Waals surface area contributed by atoms with Gasteiger partial charge in [0.15, 0.2) is 11.5 Å². The van der Waals surface area contributed by atoms with Crippen LogP contribution in [-0.4, -0.2) is 41.1 Å². The molecule has 8 heteroatoms. The third kappa shape index (κ3) is 6.49. The molecule has 0 heterocycles. The summed E-state index contributed by atoms with van der Waals surface area (Å²) in [5.41, 5.74) is 1.47. The minimum atomic E-state index is -3.82. The van der Waals surface area contributed by atoms with Crippen molar-refractivity contribution in [3.8, 4) is 11.5 Å². The number of ether oxygens (including phenoxy) is 2. The highest BCUT2D eigenvalue weighted by atomic mass is 32.2. The second kappa shape index (κ2) is 11.4. The van der Waals surface area contributed by atoms with E-state index in [0.29, 0.717) is 17.2 Å². The summed E-state index contributed by atoms with van der Waals surface area (Å²) in [6.07, 6.45) is 0.00858. The number of carbonyl (C=O) groups is 1. The van der Waals surface area contributed by atoms with Gasteiger partial charge in [-0.05, 0) is 43.3 Å². The molecule has 0 aromatic heterocycles. The molecule has 0 saturated heterocycles. The molecule has 3 aromatic rings. The standard InChI is InChI=1S/C25H28N2O5S/c1-20-12-14-22(15-13-20)33(29,30)27(21-8-4-3-5-9-21)18-16-25(28)26-17-19-32-24-11-7-6-10-23(24)31-2/h3-15H,16-19H2,1-2H3,(H,26,28). The van der Waals surface area contributed by atoms with E-state index in [1.54, 1.807) is 67.8 Å². The summed E-state index contributed by atoms with van der Waals surface area (Å²) in [7, 11) is -2.26. The lowest BCUT2D eigenvalue weighted by molar-refractivity contribution is -0.120. The van der Waals surface area contributed by atoms with Gasteiger partial charge < -0.3 is 14.8 Å². The molecule has 1 amide bonds. The SMILES string of the molecule is COc1ccccc1OCCNC(=O)CCN(c1ccccc1)S(=O)(=O)c1ccc(C)cc1. The lowest BCUT2D eigenvalue weighted by Gasteiger charge is -2.24. The van der Waals surface area contributed by atoms with Crippen molar-refractivity contribution in [2.45, 2.75) is 18.2 Å². The van der Waals surface area contributed by atoms with Crippen LogP contribution in [0.2, 0.25) is 0 Å². The second-order valence-corrected chi connectivity index (χ2v) is 9.19. The Bertz CT molecular complexity index is 1150. The molecule has 0 bridgehead atoms. The molecule has 174 valence electrons. The van der Waals surface area contributed by atoms with E-state index >= 15 is 0 Å². The number of nitrogens with one attached hydrogen (secondary N) is 1. The molecule has 3 rings (SSSR count). The highest BCUT2D eigenvalue weighted by Gasteiger charge is 2.25.